The van der Waals surface area contributed by atoms with E-state index in [9.17, 15) is 22.4 Å². The highest BCUT2D eigenvalue weighted by Gasteiger charge is 2.27. The van der Waals surface area contributed by atoms with Crippen molar-refractivity contribution in [2.75, 3.05) is 46.1 Å². The summed E-state index contributed by atoms with van der Waals surface area (Å²) in [5.41, 5.74) is 0.849. The van der Waals surface area contributed by atoms with E-state index >= 15 is 0 Å². The molecular weight excluding hydrogens is 356 g/mol. The molecule has 0 radical (unpaired) electrons. The number of halogens is 4. The second kappa shape index (κ2) is 9.84. The van der Waals surface area contributed by atoms with Crippen molar-refractivity contribution in [3.8, 4) is 0 Å². The Bertz CT molecular complexity index is 560. The van der Waals surface area contributed by atoms with Crippen molar-refractivity contribution in [3.63, 3.8) is 0 Å². The largest absolute Gasteiger partial charge is 0.411 e. The first kappa shape index (κ1) is 20.6. The first-order valence-electron chi connectivity index (χ1n) is 8.33. The lowest BCUT2D eigenvalue weighted by molar-refractivity contribution is -0.174. The van der Waals surface area contributed by atoms with Crippen LogP contribution in [-0.2, 0) is 14.3 Å². The normalized spacial score (nSPS) is 17.1. The molecular formula is C17H22F4N2O3. The molecule has 2 rings (SSSR count). The van der Waals surface area contributed by atoms with E-state index in [1.165, 1.54) is 12.1 Å². The van der Waals surface area contributed by atoms with Crippen molar-refractivity contribution < 1.29 is 31.8 Å². The lowest BCUT2D eigenvalue weighted by atomic mass is 10.0. The van der Waals surface area contributed by atoms with Crippen molar-refractivity contribution in [3.05, 3.63) is 35.6 Å². The monoisotopic (exact) mass is 378 g/mol. The molecule has 26 heavy (non-hydrogen) atoms. The maximum absolute atomic E-state index is 13.2. The van der Waals surface area contributed by atoms with Crippen molar-refractivity contribution in [1.82, 2.24) is 10.2 Å². The Balaban J connectivity index is 1.86. The van der Waals surface area contributed by atoms with E-state index in [2.05, 4.69) is 15.0 Å². The minimum Gasteiger partial charge on any atom is -0.379 e. The molecule has 1 unspecified atom stereocenters. The molecule has 1 aliphatic heterocycles. The number of nitrogens with one attached hydrogen (secondary N) is 1. The van der Waals surface area contributed by atoms with Crippen molar-refractivity contribution in [2.45, 2.75) is 18.6 Å². The van der Waals surface area contributed by atoms with Gasteiger partial charge >= 0.3 is 6.18 Å². The molecule has 1 N–H and O–H groups in total. The number of benzene rings is 1. The summed E-state index contributed by atoms with van der Waals surface area (Å²) >= 11 is 0. The molecule has 1 aromatic rings. The van der Waals surface area contributed by atoms with E-state index in [0.717, 1.165) is 5.56 Å². The molecule has 146 valence electrons. The first-order chi connectivity index (χ1) is 12.3. The highest BCUT2D eigenvalue weighted by molar-refractivity contribution is 5.76. The molecule has 1 saturated heterocycles. The number of hydrogen-bond donors (Lipinski definition) is 1. The van der Waals surface area contributed by atoms with Crippen LogP contribution in [0.15, 0.2) is 24.3 Å². The molecule has 0 saturated carbocycles. The molecule has 1 fully saturated rings. The van der Waals surface area contributed by atoms with Crippen LogP contribution in [0.4, 0.5) is 17.6 Å². The quantitative estimate of drug-likeness (QED) is 0.557. The summed E-state index contributed by atoms with van der Waals surface area (Å²) in [5, 5.41) is 2.71. The molecule has 0 spiro atoms. The summed E-state index contributed by atoms with van der Waals surface area (Å²) in [6.07, 6.45) is -4.56. The molecule has 1 atom stereocenters. The van der Waals surface area contributed by atoms with Gasteiger partial charge in [0.1, 0.15) is 12.4 Å². The lowest BCUT2D eigenvalue weighted by Crippen LogP contribution is -2.44. The maximum Gasteiger partial charge on any atom is 0.411 e. The number of rotatable bonds is 8. The molecule has 1 aromatic carbocycles. The van der Waals surface area contributed by atoms with Crippen LogP contribution < -0.4 is 5.32 Å². The standard InChI is InChI=1S/C17H22F4N2O3/c18-14-3-1-13(2-4-14)15(23-6-9-25-10-7-23)11-22-16(24)5-8-26-12-17(19,20)21/h1-4,15H,5-12H2,(H,22,24). The van der Waals surface area contributed by atoms with Crippen LogP contribution in [0.5, 0.6) is 0 Å². The van der Waals surface area contributed by atoms with E-state index in [1.807, 2.05) is 0 Å². The average molecular weight is 378 g/mol. The van der Waals surface area contributed by atoms with Crippen molar-refractivity contribution in [2.24, 2.45) is 0 Å². The van der Waals surface area contributed by atoms with E-state index < -0.39 is 18.7 Å². The van der Waals surface area contributed by atoms with Gasteiger partial charge in [-0.1, -0.05) is 12.1 Å². The van der Waals surface area contributed by atoms with Crippen molar-refractivity contribution in [1.29, 1.82) is 0 Å². The number of nitrogens with zero attached hydrogens (tertiary/aromatic N) is 1. The maximum atomic E-state index is 13.2. The number of hydrogen-bond acceptors (Lipinski definition) is 4. The van der Waals surface area contributed by atoms with Crippen LogP contribution in [-0.4, -0.2) is 63.0 Å². The zero-order valence-electron chi connectivity index (χ0n) is 14.2. The van der Waals surface area contributed by atoms with Crippen LogP contribution >= 0.6 is 0 Å². The van der Waals surface area contributed by atoms with Gasteiger partial charge in [-0.05, 0) is 17.7 Å². The fraction of sp³-hybridized carbons (Fsp3) is 0.588. The van der Waals surface area contributed by atoms with Gasteiger partial charge in [0, 0.05) is 26.1 Å². The highest BCUT2D eigenvalue weighted by atomic mass is 19.4. The van der Waals surface area contributed by atoms with Crippen LogP contribution in [0.3, 0.4) is 0 Å². The predicted molar refractivity (Wildman–Crippen MR) is 86.0 cm³/mol. The summed E-state index contributed by atoms with van der Waals surface area (Å²) in [6, 6.07) is 5.87. The van der Waals surface area contributed by atoms with Crippen LogP contribution in [0, 0.1) is 5.82 Å². The molecule has 9 heteroatoms. The average Bonchev–Trinajstić information content (AvgIpc) is 2.60. The number of morpholine rings is 1. The topological polar surface area (TPSA) is 50.8 Å². The minimum atomic E-state index is -4.40. The van der Waals surface area contributed by atoms with Gasteiger partial charge in [0.05, 0.1) is 25.9 Å². The van der Waals surface area contributed by atoms with Crippen molar-refractivity contribution >= 4 is 5.91 Å². The number of alkyl halides is 3. The zero-order valence-corrected chi connectivity index (χ0v) is 14.2. The lowest BCUT2D eigenvalue weighted by Gasteiger charge is -2.35. The minimum absolute atomic E-state index is 0.157. The molecule has 0 aliphatic carbocycles. The zero-order chi connectivity index (χ0) is 19.0. The Morgan fingerprint density at radius 3 is 2.50 bits per heavy atom. The highest BCUT2D eigenvalue weighted by Crippen LogP contribution is 2.21. The van der Waals surface area contributed by atoms with E-state index in [0.29, 0.717) is 26.3 Å². The number of amides is 1. The second-order valence-corrected chi connectivity index (χ2v) is 5.94. The second-order valence-electron chi connectivity index (χ2n) is 5.94. The summed E-state index contributed by atoms with van der Waals surface area (Å²) in [7, 11) is 0. The Kier molecular flexibility index (Phi) is 7.80. The molecule has 0 bridgehead atoms. The van der Waals surface area contributed by atoms with Crippen LogP contribution in [0.1, 0.15) is 18.0 Å². The molecule has 1 amide bonds. The Morgan fingerprint density at radius 1 is 1.23 bits per heavy atom. The summed E-state index contributed by atoms with van der Waals surface area (Å²) in [5.74, 6) is -0.743. The van der Waals surface area contributed by atoms with E-state index in [1.54, 1.807) is 12.1 Å². The first-order valence-corrected chi connectivity index (χ1v) is 8.33. The summed E-state index contributed by atoms with van der Waals surface area (Å²) in [6.45, 7) is 1.08. The Morgan fingerprint density at radius 2 is 1.88 bits per heavy atom. The SMILES string of the molecule is O=C(CCOCC(F)(F)F)NCC(c1ccc(F)cc1)N1CCOCC1. The smallest absolute Gasteiger partial charge is 0.379 e. The van der Waals surface area contributed by atoms with Crippen LogP contribution in [0.25, 0.3) is 0 Å². The fourth-order valence-electron chi connectivity index (χ4n) is 2.68. The van der Waals surface area contributed by atoms with E-state index in [4.69, 9.17) is 4.74 Å². The number of ether oxygens (including phenoxy) is 2. The third-order valence-corrected chi connectivity index (χ3v) is 3.97. The third kappa shape index (κ3) is 7.27. The number of carbonyl (C=O) groups excluding carboxylic acids is 1. The predicted octanol–water partition coefficient (Wildman–Crippen LogP) is 2.28. The molecule has 5 nitrogen and oxygen atoms in total. The van der Waals surface area contributed by atoms with Gasteiger partial charge in [-0.25, -0.2) is 4.39 Å². The van der Waals surface area contributed by atoms with Gasteiger partial charge in [0.2, 0.25) is 5.91 Å². The Hall–Kier alpha value is -1.71. The summed E-state index contributed by atoms with van der Waals surface area (Å²) in [4.78, 5) is 14.0. The molecule has 0 aromatic heterocycles. The number of carbonyl (C=O) groups is 1. The third-order valence-electron chi connectivity index (χ3n) is 3.97. The molecule has 1 heterocycles. The van der Waals surface area contributed by atoms with Gasteiger partial charge in [-0.2, -0.15) is 13.2 Å². The van der Waals surface area contributed by atoms with Crippen LogP contribution in [0.2, 0.25) is 0 Å². The summed E-state index contributed by atoms with van der Waals surface area (Å²) < 4.78 is 58.9. The van der Waals surface area contributed by atoms with Gasteiger partial charge in [0.15, 0.2) is 0 Å². The van der Waals surface area contributed by atoms with Gasteiger partial charge < -0.3 is 14.8 Å². The van der Waals surface area contributed by atoms with Gasteiger partial charge in [-0.15, -0.1) is 0 Å². The van der Waals surface area contributed by atoms with E-state index in [-0.39, 0.29) is 31.4 Å². The Labute approximate surface area is 149 Å². The van der Waals surface area contributed by atoms with Gasteiger partial charge in [0.25, 0.3) is 0 Å². The van der Waals surface area contributed by atoms with Gasteiger partial charge in [-0.3, -0.25) is 9.69 Å². The molecule has 1 aliphatic rings. The fourth-order valence-corrected chi connectivity index (χ4v) is 2.68.